The van der Waals surface area contributed by atoms with E-state index in [1.807, 2.05) is 31.2 Å². The monoisotopic (exact) mass is 395 g/mol. The quantitative estimate of drug-likeness (QED) is 0.524. The number of aromatic amines is 1. The second-order valence-corrected chi connectivity index (χ2v) is 6.92. The van der Waals surface area contributed by atoms with Gasteiger partial charge in [0.05, 0.1) is 12.1 Å². The zero-order valence-electron chi connectivity index (χ0n) is 15.8. The molecule has 29 heavy (non-hydrogen) atoms. The molecule has 4 rings (SSSR count). The van der Waals surface area contributed by atoms with Crippen LogP contribution in [0.25, 0.3) is 10.9 Å². The fraction of sp³-hybridized carbons (Fsp3) is 0.250. The van der Waals surface area contributed by atoms with Gasteiger partial charge in [-0.15, -0.1) is 0 Å². The molecule has 0 saturated carbocycles. The number of carbonyl (C=O) groups excluding carboxylic acids is 2. The number of nitrogen functional groups attached to an aromatic ring is 1. The van der Waals surface area contributed by atoms with Crippen molar-refractivity contribution in [1.82, 2.24) is 10.2 Å². The van der Waals surface area contributed by atoms with E-state index in [4.69, 9.17) is 10.5 Å². The summed E-state index contributed by atoms with van der Waals surface area (Å²) in [4.78, 5) is 26.9. The van der Waals surface area contributed by atoms with Gasteiger partial charge in [0.1, 0.15) is 0 Å². The predicted octanol–water partition coefficient (Wildman–Crippen LogP) is 1.18. The third-order valence-corrected chi connectivity index (χ3v) is 4.88. The molecule has 2 heterocycles. The van der Waals surface area contributed by atoms with Crippen LogP contribution in [0.1, 0.15) is 5.56 Å². The number of nitrogens with one attached hydrogen (secondary N) is 2. The number of H-pyrrole nitrogens is 1. The Hall–Kier alpha value is -3.43. The number of carbonyl (C=O) groups is 2. The lowest BCUT2D eigenvalue weighted by atomic mass is 10.1. The smallest absolute Gasteiger partial charge is 0.259 e. The minimum absolute atomic E-state index is 0.216. The molecule has 0 aliphatic carbocycles. The highest BCUT2D eigenvalue weighted by atomic mass is 16.5. The molecule has 150 valence electrons. The molecule has 2 aromatic carbocycles. The van der Waals surface area contributed by atoms with Crippen LogP contribution in [0.15, 0.2) is 42.5 Å². The third kappa shape index (κ3) is 3.65. The highest BCUT2D eigenvalue weighted by Crippen LogP contribution is 2.23. The molecule has 3 aromatic rings. The maximum Gasteiger partial charge on any atom is 0.259 e. The summed E-state index contributed by atoms with van der Waals surface area (Å²) < 4.78 is 5.43. The molecule has 0 unspecified atom stereocenters. The topological polar surface area (TPSA) is 134 Å². The van der Waals surface area contributed by atoms with E-state index in [1.165, 1.54) is 4.90 Å². The summed E-state index contributed by atoms with van der Waals surface area (Å²) in [5, 5.41) is 20.4. The molecule has 2 atom stereocenters. The summed E-state index contributed by atoms with van der Waals surface area (Å²) in [6, 6.07) is 12.4. The van der Waals surface area contributed by atoms with Gasteiger partial charge in [0.2, 0.25) is 0 Å². The highest BCUT2D eigenvalue weighted by Gasteiger charge is 2.39. The molecule has 1 aromatic heterocycles. The molecule has 0 spiro atoms. The van der Waals surface area contributed by atoms with Crippen LogP contribution >= 0.6 is 0 Å². The van der Waals surface area contributed by atoms with Gasteiger partial charge in [0.15, 0.2) is 18.0 Å². The zero-order valence-corrected chi connectivity index (χ0v) is 15.8. The van der Waals surface area contributed by atoms with Gasteiger partial charge in [-0.1, -0.05) is 17.7 Å². The maximum atomic E-state index is 12.8. The van der Waals surface area contributed by atoms with E-state index in [9.17, 15) is 14.7 Å². The van der Waals surface area contributed by atoms with Crippen LogP contribution in [0.4, 0.5) is 17.2 Å². The first-order chi connectivity index (χ1) is 13.9. The molecule has 9 nitrogen and oxygen atoms in total. The Morgan fingerprint density at radius 3 is 2.86 bits per heavy atom. The Morgan fingerprint density at radius 2 is 2.10 bits per heavy atom. The summed E-state index contributed by atoms with van der Waals surface area (Å²) in [5.41, 5.74) is 8.58. The second-order valence-electron chi connectivity index (χ2n) is 6.92. The molecule has 2 amide bonds. The number of fused-ring (bicyclic) bond motifs is 1. The Labute approximate surface area is 166 Å². The summed E-state index contributed by atoms with van der Waals surface area (Å²) in [5.74, 6) is -0.837. The van der Waals surface area contributed by atoms with Crippen molar-refractivity contribution in [2.45, 2.75) is 19.1 Å². The lowest BCUT2D eigenvalue weighted by molar-refractivity contribution is -0.150. The molecule has 1 aliphatic rings. The van der Waals surface area contributed by atoms with Crippen LogP contribution < -0.4 is 16.0 Å². The lowest BCUT2D eigenvalue weighted by Crippen LogP contribution is -2.55. The molecular weight excluding hydrogens is 374 g/mol. The number of aliphatic hydroxyl groups excluding tert-OH is 1. The second kappa shape index (κ2) is 7.53. The lowest BCUT2D eigenvalue weighted by Gasteiger charge is -2.34. The van der Waals surface area contributed by atoms with E-state index >= 15 is 0 Å². The van der Waals surface area contributed by atoms with Crippen molar-refractivity contribution in [3.63, 3.8) is 0 Å². The van der Waals surface area contributed by atoms with Crippen molar-refractivity contribution in [3.05, 3.63) is 48.0 Å². The van der Waals surface area contributed by atoms with Crippen LogP contribution in [0, 0.1) is 6.92 Å². The average molecular weight is 395 g/mol. The number of nitrogens with zero attached hydrogens (tertiary/aromatic N) is 2. The number of benzene rings is 2. The predicted molar refractivity (Wildman–Crippen MR) is 108 cm³/mol. The fourth-order valence-corrected chi connectivity index (χ4v) is 3.29. The van der Waals surface area contributed by atoms with Crippen LogP contribution in [0.2, 0.25) is 0 Å². The van der Waals surface area contributed by atoms with Gasteiger partial charge in [0.25, 0.3) is 11.8 Å². The Balaban J connectivity index is 1.48. The molecule has 1 saturated heterocycles. The van der Waals surface area contributed by atoms with Gasteiger partial charge in [-0.2, -0.15) is 5.10 Å². The first-order valence-electron chi connectivity index (χ1n) is 9.16. The number of morpholine rings is 1. The molecular formula is C20H21N5O4. The van der Waals surface area contributed by atoms with Gasteiger partial charge in [-0.25, -0.2) is 0 Å². The summed E-state index contributed by atoms with van der Waals surface area (Å²) in [6.07, 6.45) is -2.94. The molecule has 1 aliphatic heterocycles. The highest BCUT2D eigenvalue weighted by molar-refractivity contribution is 6.04. The van der Waals surface area contributed by atoms with Crippen molar-refractivity contribution in [3.8, 4) is 0 Å². The van der Waals surface area contributed by atoms with E-state index in [0.717, 1.165) is 10.9 Å². The number of rotatable bonds is 4. The molecule has 5 N–H and O–H groups in total. The fourth-order valence-electron chi connectivity index (χ4n) is 3.29. The Kier molecular flexibility index (Phi) is 4.91. The van der Waals surface area contributed by atoms with Crippen LogP contribution in [0.3, 0.4) is 0 Å². The number of ether oxygens (including phenoxy) is 1. The normalized spacial score (nSPS) is 18.1. The Morgan fingerprint density at radius 1 is 1.34 bits per heavy atom. The number of hydrogen-bond donors (Lipinski definition) is 4. The third-order valence-electron chi connectivity index (χ3n) is 4.88. The van der Waals surface area contributed by atoms with Crippen molar-refractivity contribution in [2.75, 3.05) is 29.1 Å². The average Bonchev–Trinajstić information content (AvgIpc) is 3.08. The summed E-state index contributed by atoms with van der Waals surface area (Å²) >= 11 is 0. The number of hydrogen-bond acceptors (Lipinski definition) is 6. The van der Waals surface area contributed by atoms with Crippen LogP contribution in [0.5, 0.6) is 0 Å². The van der Waals surface area contributed by atoms with Crippen molar-refractivity contribution < 1.29 is 19.4 Å². The largest absolute Gasteiger partial charge is 0.382 e. The molecule has 9 heteroatoms. The molecule has 1 fully saturated rings. The first kappa shape index (κ1) is 18.9. The molecule has 0 bridgehead atoms. The van der Waals surface area contributed by atoms with E-state index in [1.54, 1.807) is 18.2 Å². The van der Waals surface area contributed by atoms with Crippen LogP contribution in [-0.4, -0.2) is 52.5 Å². The number of aryl methyl sites for hydroxylation is 1. The number of nitrogens with two attached hydrogens (primary N) is 1. The van der Waals surface area contributed by atoms with Crippen molar-refractivity contribution in [2.24, 2.45) is 0 Å². The minimum Gasteiger partial charge on any atom is -0.382 e. The van der Waals surface area contributed by atoms with Crippen molar-refractivity contribution in [1.29, 1.82) is 0 Å². The van der Waals surface area contributed by atoms with Gasteiger partial charge >= 0.3 is 0 Å². The summed E-state index contributed by atoms with van der Waals surface area (Å²) in [6.45, 7) is 2.52. The Bertz CT molecular complexity index is 1060. The van der Waals surface area contributed by atoms with E-state index in [0.29, 0.717) is 29.3 Å². The van der Waals surface area contributed by atoms with E-state index < -0.39 is 24.0 Å². The standard InChI is InChI=1S/C20H21N5O4/c1-11-2-5-13(6-3-11)25-8-9-29-17(20(25)28)16(26)19(27)22-12-4-7-14-15(10-12)23-24-18(14)21/h2-7,10,16-17,26H,8-9H2,1H3,(H,22,27)(H3,21,23,24)/t16-,17-/m1/s1. The number of aliphatic hydroxyl groups is 1. The zero-order chi connectivity index (χ0) is 20.5. The maximum absolute atomic E-state index is 12.8. The van der Waals surface area contributed by atoms with Gasteiger partial charge < -0.3 is 25.8 Å². The van der Waals surface area contributed by atoms with Gasteiger partial charge in [-0.05, 0) is 37.3 Å². The minimum atomic E-state index is -1.65. The van der Waals surface area contributed by atoms with E-state index in [2.05, 4.69) is 15.5 Å². The van der Waals surface area contributed by atoms with Gasteiger partial charge in [0, 0.05) is 23.3 Å². The number of aromatic nitrogens is 2. The number of amides is 2. The SMILES string of the molecule is Cc1ccc(N2CCO[C@H]([C@@H](O)C(=O)Nc3ccc4c(N)n[nH]c4c3)C2=O)cc1. The number of anilines is 3. The van der Waals surface area contributed by atoms with Crippen molar-refractivity contribution >= 4 is 39.9 Å². The van der Waals surface area contributed by atoms with Gasteiger partial charge in [-0.3, -0.25) is 14.7 Å². The summed E-state index contributed by atoms with van der Waals surface area (Å²) in [7, 11) is 0. The van der Waals surface area contributed by atoms with E-state index in [-0.39, 0.29) is 6.61 Å². The van der Waals surface area contributed by atoms with Crippen LogP contribution in [-0.2, 0) is 14.3 Å². The first-order valence-corrected chi connectivity index (χ1v) is 9.16. The molecule has 0 radical (unpaired) electrons.